The number of carbonyl (C=O) groups is 1. The Morgan fingerprint density at radius 2 is 2.00 bits per heavy atom. The summed E-state index contributed by atoms with van der Waals surface area (Å²) in [7, 11) is 3.12. The summed E-state index contributed by atoms with van der Waals surface area (Å²) in [6.07, 6.45) is 1.61. The van der Waals surface area contributed by atoms with Crippen molar-refractivity contribution >= 4 is 16.9 Å². The van der Waals surface area contributed by atoms with E-state index in [4.69, 9.17) is 14.2 Å². The number of benzene rings is 1. The summed E-state index contributed by atoms with van der Waals surface area (Å²) in [4.78, 5) is 19.8. The van der Waals surface area contributed by atoms with Gasteiger partial charge in [-0.3, -0.25) is 0 Å². The molecular formula is C18H16N2O4. The van der Waals surface area contributed by atoms with Crippen LogP contribution in [0.2, 0.25) is 0 Å². The number of ether oxygens (including phenoxy) is 3. The van der Waals surface area contributed by atoms with Crippen molar-refractivity contribution in [1.29, 1.82) is 0 Å². The number of cyclic esters (lactones) is 1. The zero-order chi connectivity index (χ0) is 16.9. The number of aromatic amines is 1. The Morgan fingerprint density at radius 3 is 2.75 bits per heavy atom. The molecule has 1 N–H and O–H groups in total. The van der Waals surface area contributed by atoms with E-state index in [1.807, 2.05) is 31.2 Å². The van der Waals surface area contributed by atoms with Gasteiger partial charge in [0.2, 0.25) is 5.88 Å². The van der Waals surface area contributed by atoms with Crippen LogP contribution in [0.15, 0.2) is 36.5 Å². The van der Waals surface area contributed by atoms with Crippen molar-refractivity contribution < 1.29 is 19.0 Å². The molecule has 6 nitrogen and oxygen atoms in total. The fourth-order valence-corrected chi connectivity index (χ4v) is 3.18. The van der Waals surface area contributed by atoms with Gasteiger partial charge in [-0.05, 0) is 37.3 Å². The molecule has 2 aromatic heterocycles. The lowest BCUT2D eigenvalue weighted by atomic mass is 9.92. The number of carbonyl (C=O) groups excluding carboxylic acids is 1. The average molecular weight is 324 g/mol. The van der Waals surface area contributed by atoms with Gasteiger partial charge in [0.05, 0.1) is 19.9 Å². The van der Waals surface area contributed by atoms with Crippen LogP contribution in [0.1, 0.15) is 28.5 Å². The maximum Gasteiger partial charge on any atom is 0.345 e. The number of fused-ring (bicyclic) bond motifs is 2. The SMILES string of the molecule is COc1ccc2[nH]c(C3(C)OC(=O)c4c3ccnc4OC)cc2c1. The van der Waals surface area contributed by atoms with Gasteiger partial charge in [0.25, 0.3) is 0 Å². The second-order valence-electron chi connectivity index (χ2n) is 5.80. The number of rotatable bonds is 3. The van der Waals surface area contributed by atoms with Crippen LogP contribution >= 0.6 is 0 Å². The van der Waals surface area contributed by atoms with Gasteiger partial charge in [-0.2, -0.15) is 0 Å². The molecule has 0 saturated carbocycles. The fraction of sp³-hybridized carbons (Fsp3) is 0.222. The van der Waals surface area contributed by atoms with E-state index in [2.05, 4.69) is 9.97 Å². The van der Waals surface area contributed by atoms with E-state index < -0.39 is 11.6 Å². The molecule has 4 rings (SSSR count). The lowest BCUT2D eigenvalue weighted by molar-refractivity contribution is 0.0166. The van der Waals surface area contributed by atoms with Gasteiger partial charge in [-0.1, -0.05) is 0 Å². The number of nitrogens with one attached hydrogen (secondary N) is 1. The Hall–Kier alpha value is -3.02. The molecule has 1 atom stereocenters. The Kier molecular flexibility index (Phi) is 3.03. The third-order valence-corrected chi connectivity index (χ3v) is 4.47. The molecule has 1 aliphatic heterocycles. The van der Waals surface area contributed by atoms with Gasteiger partial charge >= 0.3 is 5.97 Å². The van der Waals surface area contributed by atoms with Crippen molar-refractivity contribution in [2.24, 2.45) is 0 Å². The van der Waals surface area contributed by atoms with Crippen molar-refractivity contribution in [3.05, 3.63) is 53.3 Å². The van der Waals surface area contributed by atoms with E-state index in [9.17, 15) is 4.79 Å². The minimum Gasteiger partial charge on any atom is -0.497 e. The minimum absolute atomic E-state index is 0.277. The van der Waals surface area contributed by atoms with Gasteiger partial charge < -0.3 is 19.2 Å². The summed E-state index contributed by atoms with van der Waals surface area (Å²) in [5.74, 6) is 0.612. The molecular weight excluding hydrogens is 308 g/mol. The van der Waals surface area contributed by atoms with Crippen molar-refractivity contribution in [1.82, 2.24) is 9.97 Å². The summed E-state index contributed by atoms with van der Waals surface area (Å²) < 4.78 is 16.2. The molecule has 0 aliphatic carbocycles. The molecule has 0 amide bonds. The second-order valence-corrected chi connectivity index (χ2v) is 5.80. The Morgan fingerprint density at radius 1 is 1.17 bits per heavy atom. The van der Waals surface area contributed by atoms with E-state index in [0.717, 1.165) is 27.9 Å². The normalized spacial score (nSPS) is 19.2. The van der Waals surface area contributed by atoms with E-state index in [-0.39, 0.29) is 5.88 Å². The minimum atomic E-state index is -0.922. The van der Waals surface area contributed by atoms with Crippen LogP contribution in [0, 0.1) is 0 Å². The molecule has 0 fully saturated rings. The third kappa shape index (κ3) is 1.89. The number of methoxy groups -OCH3 is 2. The topological polar surface area (TPSA) is 73.4 Å². The molecule has 0 spiro atoms. The predicted molar refractivity (Wildman–Crippen MR) is 87.5 cm³/mol. The zero-order valence-corrected chi connectivity index (χ0v) is 13.5. The van der Waals surface area contributed by atoms with Crippen molar-refractivity contribution in [3.63, 3.8) is 0 Å². The van der Waals surface area contributed by atoms with E-state index in [1.54, 1.807) is 19.4 Å². The number of pyridine rings is 1. The molecule has 24 heavy (non-hydrogen) atoms. The molecule has 3 heterocycles. The zero-order valence-electron chi connectivity index (χ0n) is 13.5. The lowest BCUT2D eigenvalue weighted by Gasteiger charge is -2.22. The van der Waals surface area contributed by atoms with Gasteiger partial charge in [0, 0.05) is 22.7 Å². The molecule has 1 unspecified atom stereocenters. The summed E-state index contributed by atoms with van der Waals surface area (Å²) in [5.41, 5.74) is 1.91. The smallest absolute Gasteiger partial charge is 0.345 e. The number of H-pyrrole nitrogens is 1. The van der Waals surface area contributed by atoms with Gasteiger partial charge in [0.1, 0.15) is 11.3 Å². The standard InChI is InChI=1S/C18H16N2O4/c1-18(12-6-7-19-16(23-3)15(12)17(21)24-18)14-9-10-8-11(22-2)4-5-13(10)20-14/h4-9,20H,1-3H3. The number of hydrogen-bond donors (Lipinski definition) is 1. The number of aromatic nitrogens is 2. The molecule has 1 aliphatic rings. The molecule has 0 bridgehead atoms. The summed E-state index contributed by atoms with van der Waals surface area (Å²) in [6.45, 7) is 1.86. The summed E-state index contributed by atoms with van der Waals surface area (Å²) in [6, 6.07) is 9.50. The van der Waals surface area contributed by atoms with Crippen molar-refractivity contribution in [2.75, 3.05) is 14.2 Å². The van der Waals surface area contributed by atoms with Crippen LogP contribution in [-0.4, -0.2) is 30.2 Å². The molecule has 6 heteroatoms. The van der Waals surface area contributed by atoms with Crippen LogP contribution in [0.3, 0.4) is 0 Å². The average Bonchev–Trinajstić information content (AvgIpc) is 3.14. The van der Waals surface area contributed by atoms with Crippen LogP contribution in [-0.2, 0) is 10.3 Å². The highest BCUT2D eigenvalue weighted by Gasteiger charge is 2.46. The summed E-state index contributed by atoms with van der Waals surface area (Å²) in [5, 5.41) is 0.982. The van der Waals surface area contributed by atoms with E-state index in [1.165, 1.54) is 7.11 Å². The Labute approximate surface area is 138 Å². The molecule has 3 aromatic rings. The van der Waals surface area contributed by atoms with Crippen LogP contribution in [0.5, 0.6) is 11.6 Å². The first-order valence-electron chi connectivity index (χ1n) is 7.51. The molecule has 122 valence electrons. The van der Waals surface area contributed by atoms with Crippen LogP contribution < -0.4 is 9.47 Å². The number of esters is 1. The Balaban J connectivity index is 1.90. The monoisotopic (exact) mass is 324 g/mol. The number of hydrogen-bond acceptors (Lipinski definition) is 5. The highest BCUT2D eigenvalue weighted by atomic mass is 16.6. The maximum absolute atomic E-state index is 12.4. The van der Waals surface area contributed by atoms with E-state index in [0.29, 0.717) is 5.56 Å². The van der Waals surface area contributed by atoms with Crippen molar-refractivity contribution in [3.8, 4) is 11.6 Å². The van der Waals surface area contributed by atoms with Gasteiger partial charge in [0.15, 0.2) is 5.60 Å². The third-order valence-electron chi connectivity index (χ3n) is 4.47. The van der Waals surface area contributed by atoms with Crippen LogP contribution in [0.4, 0.5) is 0 Å². The highest BCUT2D eigenvalue weighted by Crippen LogP contribution is 2.44. The highest BCUT2D eigenvalue weighted by molar-refractivity contribution is 5.98. The summed E-state index contributed by atoms with van der Waals surface area (Å²) >= 11 is 0. The first-order valence-corrected chi connectivity index (χ1v) is 7.51. The first-order chi connectivity index (χ1) is 11.6. The second kappa shape index (κ2) is 4.99. The predicted octanol–water partition coefficient (Wildman–Crippen LogP) is 3.01. The molecule has 0 radical (unpaired) electrons. The first kappa shape index (κ1) is 14.6. The lowest BCUT2D eigenvalue weighted by Crippen LogP contribution is -2.23. The Bertz CT molecular complexity index is 963. The van der Waals surface area contributed by atoms with E-state index >= 15 is 0 Å². The molecule has 1 aromatic carbocycles. The quantitative estimate of drug-likeness (QED) is 0.750. The maximum atomic E-state index is 12.4. The van der Waals surface area contributed by atoms with Gasteiger partial charge in [-0.25, -0.2) is 9.78 Å². The molecule has 0 saturated heterocycles. The van der Waals surface area contributed by atoms with Gasteiger partial charge in [-0.15, -0.1) is 0 Å². The van der Waals surface area contributed by atoms with Crippen molar-refractivity contribution in [2.45, 2.75) is 12.5 Å². The fourth-order valence-electron chi connectivity index (χ4n) is 3.18. The van der Waals surface area contributed by atoms with Crippen LogP contribution in [0.25, 0.3) is 10.9 Å². The largest absolute Gasteiger partial charge is 0.497 e. The number of nitrogens with zero attached hydrogens (tertiary/aromatic N) is 1.